The second kappa shape index (κ2) is 23.0. The van der Waals surface area contributed by atoms with Crippen LogP contribution < -0.4 is 0 Å². The summed E-state index contributed by atoms with van der Waals surface area (Å²) < 4.78 is 46.8. The normalized spacial score (nSPS) is 25.3. The second-order valence-electron chi connectivity index (χ2n) is 10.1. The molecule has 1 aromatic rings. The number of carbonyl (C=O) groups excluding carboxylic acids is 7. The average Bonchev–Trinajstić information content (AvgIpc) is 2.98. The molecule has 2 saturated heterocycles. The van der Waals surface area contributed by atoms with E-state index in [0.29, 0.717) is 0 Å². The molecular weight excluding hydrogens is 731 g/mol. The monoisotopic (exact) mass is 770 g/mol. The molecule has 19 heteroatoms. The maximum atomic E-state index is 11.5. The fourth-order valence-corrected chi connectivity index (χ4v) is 5.49. The van der Waals surface area contributed by atoms with Gasteiger partial charge in [-0.1, -0.05) is 30.0 Å². The molecule has 2 aliphatic heterocycles. The lowest BCUT2D eigenvalue weighted by Crippen LogP contribution is -2.58. The minimum atomic E-state index is -1.27. The quantitative estimate of drug-likeness (QED) is 0.201. The molecule has 3 rings (SSSR count). The van der Waals surface area contributed by atoms with Crippen molar-refractivity contribution in [2.24, 2.45) is 0 Å². The molecule has 2 aliphatic rings. The number of halogens is 2. The highest BCUT2D eigenvalue weighted by molar-refractivity contribution is 7.99. The number of rotatable bonds is 9. The fraction of sp³-hybridized carbons (Fsp3) is 0.581. The summed E-state index contributed by atoms with van der Waals surface area (Å²) in [6.45, 7) is 8.17. The summed E-state index contributed by atoms with van der Waals surface area (Å²) in [5, 5.41) is 0.194. The lowest BCUT2D eigenvalue weighted by atomic mass is 10.0. The summed E-state index contributed by atoms with van der Waals surface area (Å²) in [7, 11) is 0. The van der Waals surface area contributed by atoms with E-state index in [1.807, 2.05) is 30.3 Å². The highest BCUT2D eigenvalue weighted by atomic mass is 35.5. The number of carbonyl (C=O) groups is 7. The smallest absolute Gasteiger partial charge is 0.305 e. The zero-order valence-corrected chi connectivity index (χ0v) is 30.7. The Morgan fingerprint density at radius 1 is 0.560 bits per heavy atom. The van der Waals surface area contributed by atoms with Crippen molar-refractivity contribution >= 4 is 76.7 Å². The van der Waals surface area contributed by atoms with Gasteiger partial charge in [-0.25, -0.2) is 0 Å². The number of benzene rings is 1. The highest BCUT2D eigenvalue weighted by Crippen LogP contribution is 2.34. The van der Waals surface area contributed by atoms with Crippen LogP contribution in [0.4, 0.5) is 0 Å². The van der Waals surface area contributed by atoms with Crippen LogP contribution in [0.25, 0.3) is 0 Å². The maximum absolute atomic E-state index is 11.5. The first-order valence-corrected chi connectivity index (χ1v) is 16.7. The van der Waals surface area contributed by atoms with Gasteiger partial charge in [0, 0.05) is 53.4 Å². The largest absolute Gasteiger partial charge is 0.456 e. The number of hydrogen-bond donors (Lipinski definition) is 0. The molecule has 8 atom stereocenters. The minimum Gasteiger partial charge on any atom is -0.456 e. The van der Waals surface area contributed by atoms with Gasteiger partial charge in [0.05, 0.1) is 18.6 Å². The molecule has 16 nitrogen and oxygen atoms in total. The zero-order chi connectivity index (χ0) is 38.0. The lowest BCUT2D eigenvalue weighted by Gasteiger charge is -2.40. The van der Waals surface area contributed by atoms with Crippen LogP contribution >= 0.6 is 35.0 Å². The van der Waals surface area contributed by atoms with Gasteiger partial charge in [0.25, 0.3) is 0 Å². The zero-order valence-electron chi connectivity index (χ0n) is 28.3. The predicted molar refractivity (Wildman–Crippen MR) is 173 cm³/mol. The van der Waals surface area contributed by atoms with Crippen LogP contribution in [-0.2, 0) is 76.2 Å². The van der Waals surface area contributed by atoms with Crippen LogP contribution in [0.3, 0.4) is 0 Å². The molecule has 0 spiro atoms. The first-order chi connectivity index (χ1) is 23.5. The van der Waals surface area contributed by atoms with E-state index >= 15 is 0 Å². The summed E-state index contributed by atoms with van der Waals surface area (Å²) >= 11 is 10.9. The van der Waals surface area contributed by atoms with E-state index in [1.165, 1.54) is 39.5 Å². The van der Waals surface area contributed by atoms with Gasteiger partial charge in [-0.15, -0.1) is 23.2 Å². The molecular formula is C31H40Cl2O16S. The Kier molecular flexibility index (Phi) is 20.4. The van der Waals surface area contributed by atoms with Crippen molar-refractivity contribution in [1.29, 1.82) is 0 Å². The van der Waals surface area contributed by atoms with Gasteiger partial charge >= 0.3 is 41.8 Å². The minimum absolute atomic E-state index is 0.0276. The van der Waals surface area contributed by atoms with E-state index < -0.39 is 90.1 Å². The molecule has 2 unspecified atom stereocenters. The van der Waals surface area contributed by atoms with E-state index in [2.05, 4.69) is 0 Å². The van der Waals surface area contributed by atoms with Gasteiger partial charge in [-0.2, -0.15) is 0 Å². The number of ether oxygens (including phenoxy) is 9. The maximum Gasteiger partial charge on any atom is 0.305 e. The Bertz CT molecular complexity index is 1260. The third kappa shape index (κ3) is 16.8. The number of alkyl halides is 2. The van der Waals surface area contributed by atoms with E-state index in [4.69, 9.17) is 65.8 Å². The van der Waals surface area contributed by atoms with Crippen LogP contribution in [0.1, 0.15) is 48.5 Å². The van der Waals surface area contributed by atoms with Crippen molar-refractivity contribution in [2.45, 2.75) is 102 Å². The van der Waals surface area contributed by atoms with Gasteiger partial charge in [0.2, 0.25) is 12.4 Å². The Labute approximate surface area is 302 Å². The van der Waals surface area contributed by atoms with Gasteiger partial charge in [-0.3, -0.25) is 33.6 Å². The summed E-state index contributed by atoms with van der Waals surface area (Å²) in [5.74, 6) is -4.33. The van der Waals surface area contributed by atoms with Crippen molar-refractivity contribution in [3.8, 4) is 0 Å². The second-order valence-corrected chi connectivity index (χ2v) is 12.1. The molecule has 0 bridgehead atoms. The molecule has 1 aromatic carbocycles. The summed E-state index contributed by atoms with van der Waals surface area (Å²) in [5.41, 5.74) is -0.609. The van der Waals surface area contributed by atoms with Gasteiger partial charge in [0.15, 0.2) is 30.5 Å². The fourth-order valence-electron chi connectivity index (χ4n) is 4.42. The van der Waals surface area contributed by atoms with Crippen molar-refractivity contribution in [2.75, 3.05) is 18.6 Å². The van der Waals surface area contributed by atoms with Gasteiger partial charge in [-0.05, 0) is 12.1 Å². The average molecular weight is 772 g/mol. The van der Waals surface area contributed by atoms with Crippen molar-refractivity contribution in [1.82, 2.24) is 0 Å². The van der Waals surface area contributed by atoms with Crippen LogP contribution in [-0.4, -0.2) is 109 Å². The van der Waals surface area contributed by atoms with Gasteiger partial charge in [0.1, 0.15) is 5.44 Å². The van der Waals surface area contributed by atoms with Crippen molar-refractivity contribution in [3.05, 3.63) is 30.3 Å². The molecule has 0 N–H and O–H groups in total. The van der Waals surface area contributed by atoms with Crippen LogP contribution in [0.15, 0.2) is 35.2 Å². The third-order valence-electron chi connectivity index (χ3n) is 5.89. The van der Waals surface area contributed by atoms with Crippen LogP contribution in [0, 0.1) is 0 Å². The Hall–Kier alpha value is -3.64. The summed E-state index contributed by atoms with van der Waals surface area (Å²) in [6, 6.07) is 9.40. The summed E-state index contributed by atoms with van der Waals surface area (Å²) in [6.07, 6.45) is -7.36. The topological polar surface area (TPSA) is 203 Å². The van der Waals surface area contributed by atoms with Crippen molar-refractivity contribution < 1.29 is 76.2 Å². The number of hydrogen-bond acceptors (Lipinski definition) is 17. The standard InChI is InChI=1S/C17H20O7S.C13H18O9.CH2Cl2/c1-10(18)22-14-9-21-17(25-13-7-5-4-6-8-13)16(24-12(3)20)15(14)23-11(2)19;1-6(14)19-10-5-18-13(22-9(4)17)12(21-8(3)16)11(10)20-7(2)15;2-1-3/h4-8,14-17H,9H2,1-3H3;10-13H,5H2,1-4H3;1H2/t14-,15+,16?,17+;10-,11+,12?,13-;/m11./s1. The number of esters is 7. The molecule has 0 aromatic heterocycles. The molecule has 0 saturated carbocycles. The highest BCUT2D eigenvalue weighted by Gasteiger charge is 2.49. The van der Waals surface area contributed by atoms with E-state index in [1.54, 1.807) is 0 Å². The third-order valence-corrected chi connectivity index (χ3v) is 7.07. The lowest BCUT2D eigenvalue weighted by molar-refractivity contribution is -0.273. The Morgan fingerprint density at radius 2 is 0.920 bits per heavy atom. The molecule has 0 radical (unpaired) electrons. The Balaban J connectivity index is 0.000000467. The Morgan fingerprint density at radius 3 is 1.34 bits per heavy atom. The molecule has 2 heterocycles. The first-order valence-electron chi connectivity index (χ1n) is 14.8. The van der Waals surface area contributed by atoms with E-state index in [-0.39, 0.29) is 18.6 Å². The predicted octanol–water partition coefficient (Wildman–Crippen LogP) is 3.05. The number of thioether (sulfide) groups is 1. The molecule has 50 heavy (non-hydrogen) atoms. The summed E-state index contributed by atoms with van der Waals surface area (Å²) in [4.78, 5) is 79.9. The van der Waals surface area contributed by atoms with Crippen LogP contribution in [0.5, 0.6) is 0 Å². The van der Waals surface area contributed by atoms with Crippen LogP contribution in [0.2, 0.25) is 0 Å². The van der Waals surface area contributed by atoms with Crippen molar-refractivity contribution in [3.63, 3.8) is 0 Å². The molecule has 2 fully saturated rings. The van der Waals surface area contributed by atoms with E-state index in [0.717, 1.165) is 25.7 Å². The SMILES string of the molecule is CC(=O)OC1[C@@H](OC(C)=O)OC[C@@H](OC(C)=O)[C@@H]1OC(C)=O.CC(=O)OC1[C@@H](OC(C)=O)[C@H](OC(C)=O)CO[C@H]1Sc1ccccc1.ClCCl. The molecule has 0 amide bonds. The molecule has 280 valence electrons. The first kappa shape index (κ1) is 44.4. The van der Waals surface area contributed by atoms with Gasteiger partial charge < -0.3 is 42.6 Å². The molecule has 0 aliphatic carbocycles. The van der Waals surface area contributed by atoms with E-state index in [9.17, 15) is 33.6 Å².